The number of pyridine rings is 1. The summed E-state index contributed by atoms with van der Waals surface area (Å²) in [5, 5.41) is 5.96. The van der Waals surface area contributed by atoms with E-state index in [1.807, 2.05) is 12.1 Å². The molecule has 0 spiro atoms. The van der Waals surface area contributed by atoms with E-state index in [2.05, 4.69) is 41.6 Å². The van der Waals surface area contributed by atoms with Crippen molar-refractivity contribution in [2.24, 2.45) is 0 Å². The Morgan fingerprint density at radius 2 is 1.70 bits per heavy atom. The summed E-state index contributed by atoms with van der Waals surface area (Å²) in [5.74, 6) is 0.504. The summed E-state index contributed by atoms with van der Waals surface area (Å²) < 4.78 is 13.6. The number of halogens is 1. The second-order valence-electron chi connectivity index (χ2n) is 6.65. The third-order valence-corrected chi connectivity index (χ3v) is 4.21. The lowest BCUT2D eigenvalue weighted by molar-refractivity contribution is -0.115. The Morgan fingerprint density at radius 1 is 1.00 bits per heavy atom. The third-order valence-electron chi connectivity index (χ3n) is 4.21. The number of aromatic nitrogens is 1. The summed E-state index contributed by atoms with van der Waals surface area (Å²) in [4.78, 5) is 16.4. The Bertz CT molecular complexity index is 906. The minimum Gasteiger partial charge on any atom is -0.340 e. The van der Waals surface area contributed by atoms with Gasteiger partial charge in [-0.25, -0.2) is 9.37 Å². The molecule has 0 aliphatic carbocycles. The van der Waals surface area contributed by atoms with Crippen LogP contribution in [0.3, 0.4) is 0 Å². The summed E-state index contributed by atoms with van der Waals surface area (Å²) in [6.45, 7) is 4.31. The lowest BCUT2D eigenvalue weighted by Gasteiger charge is -2.10. The van der Waals surface area contributed by atoms with Gasteiger partial charge in [0.15, 0.2) is 0 Å². The fourth-order valence-electron chi connectivity index (χ4n) is 2.66. The molecule has 2 N–H and O–H groups in total. The first-order chi connectivity index (χ1) is 13.0. The van der Waals surface area contributed by atoms with Gasteiger partial charge in [0, 0.05) is 5.69 Å². The summed E-state index contributed by atoms with van der Waals surface area (Å²) >= 11 is 0. The van der Waals surface area contributed by atoms with Gasteiger partial charge in [0.1, 0.15) is 11.6 Å². The molecule has 3 rings (SSSR count). The van der Waals surface area contributed by atoms with Crippen LogP contribution in [0.4, 0.5) is 21.6 Å². The molecule has 27 heavy (non-hydrogen) atoms. The largest absolute Gasteiger partial charge is 0.340 e. The van der Waals surface area contributed by atoms with Gasteiger partial charge >= 0.3 is 0 Å². The molecule has 0 aliphatic heterocycles. The number of carbonyl (C=O) groups excluding carboxylic acids is 1. The van der Waals surface area contributed by atoms with Crippen molar-refractivity contribution in [3.8, 4) is 0 Å². The third kappa shape index (κ3) is 5.14. The zero-order valence-corrected chi connectivity index (χ0v) is 15.4. The molecule has 1 heterocycles. The highest BCUT2D eigenvalue weighted by Gasteiger charge is 2.08. The van der Waals surface area contributed by atoms with Crippen LogP contribution in [0.2, 0.25) is 0 Å². The van der Waals surface area contributed by atoms with Gasteiger partial charge in [-0.1, -0.05) is 44.2 Å². The molecule has 0 aliphatic rings. The first kappa shape index (κ1) is 18.6. The molecule has 3 aromatic rings. The molecule has 4 nitrogen and oxygen atoms in total. The van der Waals surface area contributed by atoms with Gasteiger partial charge in [0.2, 0.25) is 5.91 Å². The number of benzene rings is 2. The number of rotatable bonds is 6. The second kappa shape index (κ2) is 8.45. The average molecular weight is 363 g/mol. The molecule has 0 saturated carbocycles. The van der Waals surface area contributed by atoms with Crippen LogP contribution >= 0.6 is 0 Å². The molecule has 0 unspecified atom stereocenters. The van der Waals surface area contributed by atoms with Gasteiger partial charge in [-0.2, -0.15) is 0 Å². The first-order valence-electron chi connectivity index (χ1n) is 8.87. The molecule has 0 fully saturated rings. The predicted molar refractivity (Wildman–Crippen MR) is 107 cm³/mol. The molecule has 1 amide bonds. The van der Waals surface area contributed by atoms with E-state index in [1.54, 1.807) is 36.5 Å². The Labute approximate surface area is 158 Å². The van der Waals surface area contributed by atoms with E-state index < -0.39 is 0 Å². The van der Waals surface area contributed by atoms with Crippen molar-refractivity contribution in [3.05, 3.63) is 83.8 Å². The minimum absolute atomic E-state index is 0.0190. The molecule has 1 aromatic heterocycles. The zero-order valence-electron chi connectivity index (χ0n) is 15.4. The minimum atomic E-state index is -0.381. The maximum Gasteiger partial charge on any atom is 0.228 e. The monoisotopic (exact) mass is 363 g/mol. The molecule has 2 aromatic carbocycles. The van der Waals surface area contributed by atoms with E-state index in [4.69, 9.17) is 0 Å². The SMILES string of the molecule is CC(C)c1ccc(Nc2ccc(NC(=O)Cc3ccccc3F)cn2)cc1. The van der Waals surface area contributed by atoms with Crippen LogP contribution in [0.15, 0.2) is 66.9 Å². The maximum absolute atomic E-state index is 13.6. The van der Waals surface area contributed by atoms with E-state index in [-0.39, 0.29) is 18.1 Å². The lowest BCUT2D eigenvalue weighted by Crippen LogP contribution is -2.15. The van der Waals surface area contributed by atoms with Gasteiger partial charge in [-0.3, -0.25) is 4.79 Å². The van der Waals surface area contributed by atoms with Crippen molar-refractivity contribution in [2.75, 3.05) is 10.6 Å². The van der Waals surface area contributed by atoms with E-state index in [9.17, 15) is 9.18 Å². The molecule has 0 atom stereocenters. The molecule has 5 heteroatoms. The topological polar surface area (TPSA) is 54.0 Å². The molecule has 0 saturated heterocycles. The number of carbonyl (C=O) groups is 1. The lowest BCUT2D eigenvalue weighted by atomic mass is 10.0. The van der Waals surface area contributed by atoms with E-state index in [0.717, 1.165) is 5.69 Å². The van der Waals surface area contributed by atoms with E-state index in [1.165, 1.54) is 11.6 Å². The molecule has 0 radical (unpaired) electrons. The standard InChI is InChI=1S/C22H22FN3O/c1-15(2)16-7-9-18(10-8-16)25-21-12-11-19(14-24-21)26-22(27)13-17-5-3-4-6-20(17)23/h3-12,14-15H,13H2,1-2H3,(H,24,25)(H,26,27). The van der Waals surface area contributed by atoms with Crippen LogP contribution in [0, 0.1) is 5.82 Å². The van der Waals surface area contributed by atoms with Gasteiger partial charge in [0.05, 0.1) is 18.3 Å². The fraction of sp³-hybridized carbons (Fsp3) is 0.182. The van der Waals surface area contributed by atoms with Gasteiger partial charge < -0.3 is 10.6 Å². The highest BCUT2D eigenvalue weighted by Crippen LogP contribution is 2.20. The van der Waals surface area contributed by atoms with Crippen molar-refractivity contribution < 1.29 is 9.18 Å². The zero-order chi connectivity index (χ0) is 19.2. The fourth-order valence-corrected chi connectivity index (χ4v) is 2.66. The number of hydrogen-bond acceptors (Lipinski definition) is 3. The number of nitrogens with zero attached hydrogens (tertiary/aromatic N) is 1. The predicted octanol–water partition coefficient (Wildman–Crippen LogP) is 5.27. The second-order valence-corrected chi connectivity index (χ2v) is 6.65. The van der Waals surface area contributed by atoms with Gasteiger partial charge in [-0.15, -0.1) is 0 Å². The smallest absolute Gasteiger partial charge is 0.228 e. The molecule has 138 valence electrons. The number of hydrogen-bond donors (Lipinski definition) is 2. The molecule has 0 bridgehead atoms. The normalized spacial score (nSPS) is 10.7. The number of amides is 1. The quantitative estimate of drug-likeness (QED) is 0.627. The summed E-state index contributed by atoms with van der Waals surface area (Å²) in [7, 11) is 0. The van der Waals surface area contributed by atoms with Crippen molar-refractivity contribution in [1.29, 1.82) is 0 Å². The van der Waals surface area contributed by atoms with Gasteiger partial charge in [-0.05, 0) is 47.4 Å². The summed E-state index contributed by atoms with van der Waals surface area (Å²) in [6, 6.07) is 18.0. The maximum atomic E-state index is 13.6. The van der Waals surface area contributed by atoms with Crippen molar-refractivity contribution >= 4 is 23.1 Å². The van der Waals surface area contributed by atoms with Crippen molar-refractivity contribution in [1.82, 2.24) is 4.98 Å². The molecular weight excluding hydrogens is 341 g/mol. The van der Waals surface area contributed by atoms with Crippen LogP contribution in [0.5, 0.6) is 0 Å². The Kier molecular flexibility index (Phi) is 5.81. The summed E-state index contributed by atoms with van der Waals surface area (Å²) in [5.41, 5.74) is 3.16. The molecular formula is C22H22FN3O. The average Bonchev–Trinajstić information content (AvgIpc) is 2.66. The van der Waals surface area contributed by atoms with Crippen LogP contribution in [0.25, 0.3) is 0 Å². The van der Waals surface area contributed by atoms with Crippen LogP contribution < -0.4 is 10.6 Å². The van der Waals surface area contributed by atoms with Crippen LogP contribution in [0.1, 0.15) is 30.9 Å². The summed E-state index contributed by atoms with van der Waals surface area (Å²) in [6.07, 6.45) is 1.55. The van der Waals surface area contributed by atoms with Crippen molar-refractivity contribution in [2.45, 2.75) is 26.2 Å². The van der Waals surface area contributed by atoms with Crippen LogP contribution in [-0.4, -0.2) is 10.9 Å². The Morgan fingerprint density at radius 3 is 2.33 bits per heavy atom. The number of nitrogens with one attached hydrogen (secondary N) is 2. The first-order valence-corrected chi connectivity index (χ1v) is 8.87. The highest BCUT2D eigenvalue weighted by molar-refractivity contribution is 5.92. The van der Waals surface area contributed by atoms with E-state index >= 15 is 0 Å². The van der Waals surface area contributed by atoms with Crippen molar-refractivity contribution in [3.63, 3.8) is 0 Å². The highest BCUT2D eigenvalue weighted by atomic mass is 19.1. The Hall–Kier alpha value is -3.21. The van der Waals surface area contributed by atoms with E-state index in [0.29, 0.717) is 23.0 Å². The Balaban J connectivity index is 1.58. The number of anilines is 3. The van der Waals surface area contributed by atoms with Gasteiger partial charge in [0.25, 0.3) is 0 Å². The van der Waals surface area contributed by atoms with Crippen LogP contribution in [-0.2, 0) is 11.2 Å².